The number of benzene rings is 2. The van der Waals surface area contributed by atoms with Crippen molar-refractivity contribution in [1.29, 1.82) is 0 Å². The zero-order valence-corrected chi connectivity index (χ0v) is 24.5. The van der Waals surface area contributed by atoms with Crippen LogP contribution in [-0.2, 0) is 20.7 Å². The fraction of sp³-hybridized carbons (Fsp3) is 0.407. The van der Waals surface area contributed by atoms with Crippen LogP contribution in [0.1, 0.15) is 50.5 Å². The molecule has 0 radical (unpaired) electrons. The van der Waals surface area contributed by atoms with Gasteiger partial charge in [-0.3, -0.25) is 14.5 Å². The molecule has 3 N–H and O–H groups in total. The summed E-state index contributed by atoms with van der Waals surface area (Å²) in [6.07, 6.45) is -0.651. The van der Waals surface area contributed by atoms with E-state index >= 15 is 0 Å². The maximum Gasteiger partial charge on any atom is 0.411 e. The van der Waals surface area contributed by atoms with Crippen molar-refractivity contribution >= 4 is 64.5 Å². The van der Waals surface area contributed by atoms with Crippen LogP contribution in [0.25, 0.3) is 0 Å². The number of ether oxygens (including phenoxy) is 1. The molecule has 1 aliphatic heterocycles. The molecule has 1 saturated heterocycles. The van der Waals surface area contributed by atoms with Crippen molar-refractivity contribution in [2.75, 3.05) is 11.2 Å². The van der Waals surface area contributed by atoms with Gasteiger partial charge in [0.05, 0.1) is 21.5 Å². The molecule has 2 aromatic carbocycles. The lowest BCUT2D eigenvalue weighted by Gasteiger charge is -2.32. The van der Waals surface area contributed by atoms with E-state index in [-0.39, 0.29) is 27.9 Å². The van der Waals surface area contributed by atoms with E-state index in [9.17, 15) is 24.3 Å². The smallest absolute Gasteiger partial charge is 0.411 e. The van der Waals surface area contributed by atoms with E-state index in [0.717, 1.165) is 0 Å². The highest BCUT2D eigenvalue weighted by molar-refractivity contribution is 8.00. The molecule has 1 aliphatic rings. The van der Waals surface area contributed by atoms with Crippen LogP contribution in [-0.4, -0.2) is 62.2 Å². The summed E-state index contributed by atoms with van der Waals surface area (Å²) in [6, 6.07) is 9.10. The Balaban J connectivity index is 1.70. The molecule has 12 heteroatoms. The predicted molar refractivity (Wildman–Crippen MR) is 153 cm³/mol. The SMILES string of the molecule is CC(C)(C)OC(=O)N1CSC(C)(C)C1C(=O)N[C@@H](Cc1ccc(NC(=O)c2c(Cl)cccc2Cl)cc1)C(=O)O. The average molecular weight is 597 g/mol. The van der Waals surface area contributed by atoms with E-state index in [1.54, 1.807) is 63.2 Å². The van der Waals surface area contributed by atoms with Gasteiger partial charge in [0, 0.05) is 16.9 Å². The van der Waals surface area contributed by atoms with Gasteiger partial charge in [0.2, 0.25) is 5.91 Å². The van der Waals surface area contributed by atoms with Crippen LogP contribution >= 0.6 is 35.0 Å². The molecular formula is C27H31Cl2N3O6S. The summed E-state index contributed by atoms with van der Waals surface area (Å²) in [6.45, 7) is 8.85. The van der Waals surface area contributed by atoms with Gasteiger partial charge in [0.15, 0.2) is 0 Å². The normalized spacial score (nSPS) is 17.3. The number of halogens is 2. The first kappa shape index (κ1) is 30.6. The number of anilines is 1. The topological polar surface area (TPSA) is 125 Å². The number of thioether (sulfide) groups is 1. The average Bonchev–Trinajstić information content (AvgIpc) is 3.13. The van der Waals surface area contributed by atoms with Crippen LogP contribution in [0.4, 0.5) is 10.5 Å². The highest BCUT2D eigenvalue weighted by Crippen LogP contribution is 2.40. The van der Waals surface area contributed by atoms with Crippen molar-refractivity contribution in [2.45, 2.75) is 63.5 Å². The van der Waals surface area contributed by atoms with E-state index in [0.29, 0.717) is 11.3 Å². The standard InChI is InChI=1S/C27H31Cl2N3O6S/c1-26(2,3)38-25(37)32-14-39-27(4,5)21(32)23(34)31-19(24(35)36)13-15-9-11-16(12-10-15)30-22(33)20-17(28)7-6-8-18(20)29/h6-12,19,21H,13-14H2,1-5H3,(H,30,33)(H,31,34)(H,35,36)/t19-,21?/m0/s1. The molecule has 2 atom stereocenters. The summed E-state index contributed by atoms with van der Waals surface area (Å²) in [5.74, 6) is -2.05. The van der Waals surface area contributed by atoms with Crippen molar-refractivity contribution < 1.29 is 29.0 Å². The number of nitrogens with one attached hydrogen (secondary N) is 2. The summed E-state index contributed by atoms with van der Waals surface area (Å²) < 4.78 is 4.80. The molecule has 0 saturated carbocycles. The number of carbonyl (C=O) groups excluding carboxylic acids is 3. The molecule has 1 unspecified atom stereocenters. The highest BCUT2D eigenvalue weighted by Gasteiger charge is 2.49. The minimum absolute atomic E-state index is 0.0155. The maximum absolute atomic E-state index is 13.3. The third-order valence-electron chi connectivity index (χ3n) is 5.88. The van der Waals surface area contributed by atoms with Gasteiger partial charge in [-0.1, -0.05) is 41.4 Å². The van der Waals surface area contributed by atoms with Gasteiger partial charge in [0.1, 0.15) is 17.7 Å². The first-order valence-corrected chi connectivity index (χ1v) is 13.8. The second-order valence-corrected chi connectivity index (χ2v) is 13.0. The van der Waals surface area contributed by atoms with E-state index in [1.807, 2.05) is 13.8 Å². The quantitative estimate of drug-likeness (QED) is 0.389. The minimum atomic E-state index is -1.25. The zero-order chi connectivity index (χ0) is 29.1. The Hall–Kier alpha value is -2.95. The number of carbonyl (C=O) groups is 4. The number of rotatable bonds is 7. The molecule has 39 heavy (non-hydrogen) atoms. The lowest BCUT2D eigenvalue weighted by molar-refractivity contribution is -0.142. The highest BCUT2D eigenvalue weighted by atomic mass is 35.5. The summed E-state index contributed by atoms with van der Waals surface area (Å²) in [5.41, 5.74) is 0.463. The summed E-state index contributed by atoms with van der Waals surface area (Å²) in [7, 11) is 0. The van der Waals surface area contributed by atoms with Crippen LogP contribution in [0.2, 0.25) is 10.0 Å². The molecule has 0 spiro atoms. The number of carboxylic acids is 1. The molecule has 2 aromatic rings. The van der Waals surface area contributed by atoms with Gasteiger partial charge in [-0.25, -0.2) is 9.59 Å². The Labute approximate surface area is 241 Å². The first-order chi connectivity index (χ1) is 18.1. The monoisotopic (exact) mass is 595 g/mol. The second kappa shape index (κ2) is 12.1. The number of nitrogens with zero attached hydrogens (tertiary/aromatic N) is 1. The molecule has 9 nitrogen and oxygen atoms in total. The third-order valence-corrected chi connectivity index (χ3v) is 7.88. The summed E-state index contributed by atoms with van der Waals surface area (Å²) in [5, 5.41) is 15.6. The van der Waals surface area contributed by atoms with E-state index in [4.69, 9.17) is 27.9 Å². The van der Waals surface area contributed by atoms with Crippen molar-refractivity contribution in [3.63, 3.8) is 0 Å². The fourth-order valence-electron chi connectivity index (χ4n) is 4.02. The molecule has 3 amide bonds. The first-order valence-electron chi connectivity index (χ1n) is 12.1. The molecule has 1 fully saturated rings. The number of aliphatic carboxylic acids is 1. The molecule has 0 bridgehead atoms. The Morgan fingerprint density at radius 2 is 1.69 bits per heavy atom. The zero-order valence-electron chi connectivity index (χ0n) is 22.2. The lowest BCUT2D eigenvalue weighted by atomic mass is 9.99. The van der Waals surface area contributed by atoms with E-state index in [1.165, 1.54) is 16.7 Å². The van der Waals surface area contributed by atoms with Crippen molar-refractivity contribution in [3.05, 3.63) is 63.6 Å². The third kappa shape index (κ3) is 7.80. The molecule has 1 heterocycles. The molecule has 0 aromatic heterocycles. The predicted octanol–water partition coefficient (Wildman–Crippen LogP) is 5.45. The van der Waals surface area contributed by atoms with Gasteiger partial charge in [-0.2, -0.15) is 0 Å². The maximum atomic E-state index is 13.3. The number of hydrogen-bond donors (Lipinski definition) is 3. The Morgan fingerprint density at radius 3 is 2.23 bits per heavy atom. The Kier molecular flexibility index (Phi) is 9.46. The van der Waals surface area contributed by atoms with Gasteiger partial charge in [-0.05, 0) is 64.4 Å². The summed E-state index contributed by atoms with van der Waals surface area (Å²) >= 11 is 13.6. The fourth-order valence-corrected chi connectivity index (χ4v) is 5.71. The van der Waals surface area contributed by atoms with Crippen molar-refractivity contribution in [3.8, 4) is 0 Å². The van der Waals surface area contributed by atoms with Crippen LogP contribution in [0.15, 0.2) is 42.5 Å². The lowest BCUT2D eigenvalue weighted by Crippen LogP contribution is -2.57. The van der Waals surface area contributed by atoms with Crippen LogP contribution in [0.5, 0.6) is 0 Å². The molecule has 0 aliphatic carbocycles. The van der Waals surface area contributed by atoms with Gasteiger partial charge >= 0.3 is 12.1 Å². The molecule has 3 rings (SSSR count). The second-order valence-electron chi connectivity index (χ2n) is 10.6. The van der Waals surface area contributed by atoms with E-state index < -0.39 is 46.3 Å². The Morgan fingerprint density at radius 1 is 1.10 bits per heavy atom. The van der Waals surface area contributed by atoms with Crippen molar-refractivity contribution in [1.82, 2.24) is 10.2 Å². The van der Waals surface area contributed by atoms with Crippen molar-refractivity contribution in [2.24, 2.45) is 0 Å². The minimum Gasteiger partial charge on any atom is -0.480 e. The van der Waals surface area contributed by atoms with Crippen LogP contribution < -0.4 is 10.6 Å². The van der Waals surface area contributed by atoms with Gasteiger partial charge in [-0.15, -0.1) is 11.8 Å². The molecule has 210 valence electrons. The van der Waals surface area contributed by atoms with E-state index in [2.05, 4.69) is 10.6 Å². The van der Waals surface area contributed by atoms with Gasteiger partial charge < -0.3 is 20.5 Å². The summed E-state index contributed by atoms with van der Waals surface area (Å²) in [4.78, 5) is 52.1. The van der Waals surface area contributed by atoms with Crippen LogP contribution in [0, 0.1) is 0 Å². The molecular weight excluding hydrogens is 565 g/mol. The number of amides is 3. The number of carboxylic acid groups (broad SMARTS) is 1. The largest absolute Gasteiger partial charge is 0.480 e. The number of hydrogen-bond acceptors (Lipinski definition) is 6. The van der Waals surface area contributed by atoms with Gasteiger partial charge in [0.25, 0.3) is 5.91 Å². The van der Waals surface area contributed by atoms with Crippen LogP contribution in [0.3, 0.4) is 0 Å². The Bertz CT molecular complexity index is 1240.